The standard InChI is InChI=1S/C9H12N4O2/c1-6-4-8(12-15-6)13-9(14)5-7(11-13)2-3-10/h4H,2-3,5,10H2,1H3. The van der Waals surface area contributed by atoms with Gasteiger partial charge in [0.1, 0.15) is 5.76 Å². The van der Waals surface area contributed by atoms with Gasteiger partial charge in [0.05, 0.1) is 6.42 Å². The van der Waals surface area contributed by atoms with Crippen molar-refractivity contribution >= 4 is 17.4 Å². The normalized spacial score (nSPS) is 16.0. The molecule has 0 aliphatic carbocycles. The lowest BCUT2D eigenvalue weighted by Gasteiger charge is -2.04. The molecule has 6 nitrogen and oxygen atoms in total. The van der Waals surface area contributed by atoms with Crippen LogP contribution in [0.5, 0.6) is 0 Å². The molecule has 1 aromatic rings. The Morgan fingerprint density at radius 2 is 2.47 bits per heavy atom. The highest BCUT2D eigenvalue weighted by molar-refractivity contribution is 6.12. The molecular formula is C9H12N4O2. The second-order valence-corrected chi connectivity index (χ2v) is 3.38. The van der Waals surface area contributed by atoms with Gasteiger partial charge in [-0.25, -0.2) is 0 Å². The van der Waals surface area contributed by atoms with Gasteiger partial charge in [0.25, 0.3) is 5.91 Å². The van der Waals surface area contributed by atoms with Crippen LogP contribution < -0.4 is 10.7 Å². The van der Waals surface area contributed by atoms with E-state index in [2.05, 4.69) is 10.3 Å². The van der Waals surface area contributed by atoms with E-state index in [1.165, 1.54) is 5.01 Å². The number of rotatable bonds is 3. The minimum absolute atomic E-state index is 0.0910. The molecule has 0 fully saturated rings. The van der Waals surface area contributed by atoms with Gasteiger partial charge in [0.15, 0.2) is 5.82 Å². The average Bonchev–Trinajstić information content (AvgIpc) is 2.73. The molecule has 1 aliphatic rings. The maximum absolute atomic E-state index is 11.6. The van der Waals surface area contributed by atoms with Crippen LogP contribution in [-0.4, -0.2) is 23.3 Å². The van der Waals surface area contributed by atoms with Crippen molar-refractivity contribution in [3.63, 3.8) is 0 Å². The Bertz CT molecular complexity index is 410. The molecule has 0 saturated heterocycles. The largest absolute Gasteiger partial charge is 0.359 e. The summed E-state index contributed by atoms with van der Waals surface area (Å²) in [4.78, 5) is 11.6. The van der Waals surface area contributed by atoms with Crippen molar-refractivity contribution in [3.05, 3.63) is 11.8 Å². The molecule has 0 aromatic carbocycles. The zero-order valence-corrected chi connectivity index (χ0v) is 8.43. The number of hydrogen-bond acceptors (Lipinski definition) is 5. The number of aryl methyl sites for hydroxylation is 1. The van der Waals surface area contributed by atoms with E-state index < -0.39 is 0 Å². The molecule has 0 atom stereocenters. The van der Waals surface area contributed by atoms with Crippen LogP contribution in [0.15, 0.2) is 15.7 Å². The SMILES string of the molecule is Cc1cc(N2N=C(CCN)CC2=O)no1. The Morgan fingerprint density at radius 1 is 1.67 bits per heavy atom. The van der Waals surface area contributed by atoms with Crippen molar-refractivity contribution in [2.24, 2.45) is 10.8 Å². The van der Waals surface area contributed by atoms with Gasteiger partial charge in [-0.15, -0.1) is 0 Å². The van der Waals surface area contributed by atoms with E-state index in [9.17, 15) is 4.79 Å². The molecule has 80 valence electrons. The predicted octanol–water partition coefficient (Wildman–Crippen LogP) is 0.425. The summed E-state index contributed by atoms with van der Waals surface area (Å²) >= 11 is 0. The molecular weight excluding hydrogens is 196 g/mol. The van der Waals surface area contributed by atoms with Gasteiger partial charge >= 0.3 is 0 Å². The molecule has 0 radical (unpaired) electrons. The maximum Gasteiger partial charge on any atom is 0.254 e. The number of anilines is 1. The zero-order chi connectivity index (χ0) is 10.8. The summed E-state index contributed by atoms with van der Waals surface area (Å²) in [5, 5.41) is 9.14. The van der Waals surface area contributed by atoms with E-state index >= 15 is 0 Å². The fraction of sp³-hybridized carbons (Fsp3) is 0.444. The minimum atomic E-state index is -0.0910. The van der Waals surface area contributed by atoms with Gasteiger partial charge in [0.2, 0.25) is 0 Å². The van der Waals surface area contributed by atoms with Gasteiger partial charge in [0, 0.05) is 18.2 Å². The number of hydrogen-bond donors (Lipinski definition) is 1. The molecule has 6 heteroatoms. The van der Waals surface area contributed by atoms with Crippen LogP contribution in [0.2, 0.25) is 0 Å². The van der Waals surface area contributed by atoms with Crippen molar-refractivity contribution in [2.45, 2.75) is 19.8 Å². The molecule has 2 rings (SSSR count). The number of carbonyl (C=O) groups is 1. The average molecular weight is 208 g/mol. The first kappa shape index (κ1) is 9.85. The number of hydrazone groups is 1. The first-order valence-electron chi connectivity index (χ1n) is 4.73. The zero-order valence-electron chi connectivity index (χ0n) is 8.43. The quantitative estimate of drug-likeness (QED) is 0.780. The monoisotopic (exact) mass is 208 g/mol. The summed E-state index contributed by atoms with van der Waals surface area (Å²) in [6, 6.07) is 1.67. The fourth-order valence-corrected chi connectivity index (χ4v) is 1.42. The van der Waals surface area contributed by atoms with Crippen molar-refractivity contribution < 1.29 is 9.32 Å². The molecule has 1 aromatic heterocycles. The third-order valence-corrected chi connectivity index (χ3v) is 2.10. The third kappa shape index (κ3) is 1.89. The van der Waals surface area contributed by atoms with Crippen LogP contribution in [0.3, 0.4) is 0 Å². The van der Waals surface area contributed by atoms with E-state index in [-0.39, 0.29) is 5.91 Å². The lowest BCUT2D eigenvalue weighted by Crippen LogP contribution is -2.19. The molecule has 0 bridgehead atoms. The summed E-state index contributed by atoms with van der Waals surface area (Å²) in [7, 11) is 0. The second-order valence-electron chi connectivity index (χ2n) is 3.38. The highest BCUT2D eigenvalue weighted by Gasteiger charge is 2.26. The van der Waals surface area contributed by atoms with E-state index in [1.54, 1.807) is 13.0 Å². The van der Waals surface area contributed by atoms with Crippen molar-refractivity contribution in [2.75, 3.05) is 11.6 Å². The van der Waals surface area contributed by atoms with Crippen molar-refractivity contribution in [1.29, 1.82) is 0 Å². The van der Waals surface area contributed by atoms with Gasteiger partial charge in [-0.05, 0) is 13.5 Å². The summed E-state index contributed by atoms with van der Waals surface area (Å²) < 4.78 is 4.88. The number of aromatic nitrogens is 1. The molecule has 2 heterocycles. The molecule has 0 spiro atoms. The first-order chi connectivity index (χ1) is 7.20. The lowest BCUT2D eigenvalue weighted by atomic mass is 10.2. The van der Waals surface area contributed by atoms with Gasteiger partial charge in [-0.1, -0.05) is 5.16 Å². The molecule has 0 saturated carbocycles. The Balaban J connectivity index is 2.19. The first-order valence-corrected chi connectivity index (χ1v) is 4.73. The predicted molar refractivity (Wildman–Crippen MR) is 54.4 cm³/mol. The van der Waals surface area contributed by atoms with Crippen LogP contribution in [-0.2, 0) is 4.79 Å². The molecule has 0 unspecified atom stereocenters. The number of amides is 1. The number of nitrogens with zero attached hydrogens (tertiary/aromatic N) is 3. The Labute approximate surface area is 86.7 Å². The smallest absolute Gasteiger partial charge is 0.254 e. The van der Waals surface area contributed by atoms with Crippen LogP contribution in [0.1, 0.15) is 18.6 Å². The van der Waals surface area contributed by atoms with Crippen LogP contribution in [0, 0.1) is 6.92 Å². The van der Waals surface area contributed by atoms with E-state index in [0.717, 1.165) is 5.71 Å². The van der Waals surface area contributed by atoms with E-state index in [4.69, 9.17) is 10.3 Å². The third-order valence-electron chi connectivity index (χ3n) is 2.10. The summed E-state index contributed by atoms with van der Waals surface area (Å²) in [5.74, 6) is 0.997. The van der Waals surface area contributed by atoms with Crippen molar-refractivity contribution in [1.82, 2.24) is 5.16 Å². The van der Waals surface area contributed by atoms with Crippen LogP contribution >= 0.6 is 0 Å². The highest BCUT2D eigenvalue weighted by Crippen LogP contribution is 2.20. The molecule has 15 heavy (non-hydrogen) atoms. The Morgan fingerprint density at radius 3 is 3.07 bits per heavy atom. The summed E-state index contributed by atoms with van der Waals surface area (Å²) in [6.07, 6.45) is 0.960. The molecule has 2 N–H and O–H groups in total. The molecule has 1 amide bonds. The van der Waals surface area contributed by atoms with Gasteiger partial charge < -0.3 is 10.3 Å². The number of carbonyl (C=O) groups excluding carboxylic acids is 1. The Kier molecular flexibility index (Phi) is 2.51. The van der Waals surface area contributed by atoms with E-state index in [0.29, 0.717) is 31.0 Å². The van der Waals surface area contributed by atoms with E-state index in [1.807, 2.05) is 0 Å². The van der Waals surface area contributed by atoms with Crippen LogP contribution in [0.4, 0.5) is 5.82 Å². The second kappa shape index (κ2) is 3.82. The topological polar surface area (TPSA) is 84.7 Å². The highest BCUT2D eigenvalue weighted by atomic mass is 16.5. The fourth-order valence-electron chi connectivity index (χ4n) is 1.42. The minimum Gasteiger partial charge on any atom is -0.359 e. The van der Waals surface area contributed by atoms with Gasteiger partial charge in [-0.3, -0.25) is 4.79 Å². The van der Waals surface area contributed by atoms with Gasteiger partial charge in [-0.2, -0.15) is 10.1 Å². The number of nitrogens with two attached hydrogens (primary N) is 1. The van der Waals surface area contributed by atoms with Crippen LogP contribution in [0.25, 0.3) is 0 Å². The maximum atomic E-state index is 11.6. The summed E-state index contributed by atoms with van der Waals surface area (Å²) in [5.41, 5.74) is 6.19. The lowest BCUT2D eigenvalue weighted by molar-refractivity contribution is -0.117. The van der Waals surface area contributed by atoms with Crippen molar-refractivity contribution in [3.8, 4) is 0 Å². The Hall–Kier alpha value is -1.69. The molecule has 1 aliphatic heterocycles. The summed E-state index contributed by atoms with van der Waals surface area (Å²) in [6.45, 7) is 2.26.